The van der Waals surface area contributed by atoms with E-state index in [0.717, 1.165) is 26.6 Å². The highest BCUT2D eigenvalue weighted by Crippen LogP contribution is 2.18. The molecule has 4 heteroatoms. The van der Waals surface area contributed by atoms with Gasteiger partial charge in [-0.15, -0.1) is 22.7 Å². The van der Waals surface area contributed by atoms with Crippen molar-refractivity contribution in [3.63, 3.8) is 0 Å². The van der Waals surface area contributed by atoms with Crippen LogP contribution in [0.1, 0.15) is 25.7 Å². The summed E-state index contributed by atoms with van der Waals surface area (Å²) in [7, 11) is 0. The molecule has 3 aromatic rings. The fraction of sp³-hybridized carbons (Fsp3) is 0.0556. The molecule has 0 spiro atoms. The number of nitrogens with one attached hydrogen (secondary N) is 1. The first kappa shape index (κ1) is 14.6. The largest absolute Gasteiger partial charge is 0.321 e. The molecule has 2 heterocycles. The van der Waals surface area contributed by atoms with Crippen molar-refractivity contribution < 1.29 is 4.79 Å². The van der Waals surface area contributed by atoms with E-state index in [4.69, 9.17) is 0 Å². The van der Waals surface area contributed by atoms with E-state index < -0.39 is 0 Å². The zero-order valence-corrected chi connectivity index (χ0v) is 13.6. The number of carbonyl (C=O) groups is 1. The highest BCUT2D eigenvalue weighted by Gasteiger charge is 2.10. The number of benzene rings is 1. The van der Waals surface area contributed by atoms with Crippen LogP contribution in [0.5, 0.6) is 0 Å². The minimum Gasteiger partial charge on any atom is -0.321 e. The molecule has 1 amide bonds. The lowest BCUT2D eigenvalue weighted by Crippen LogP contribution is -2.11. The molecule has 2 nitrogen and oxygen atoms in total. The Hall–Kier alpha value is -2.35. The first-order valence-corrected chi connectivity index (χ1v) is 8.49. The molecule has 22 heavy (non-hydrogen) atoms. The van der Waals surface area contributed by atoms with Gasteiger partial charge in [0.2, 0.25) is 0 Å². The van der Waals surface area contributed by atoms with E-state index in [1.54, 1.807) is 11.3 Å². The van der Waals surface area contributed by atoms with Crippen LogP contribution in [0.2, 0.25) is 0 Å². The molecule has 0 aliphatic rings. The number of thiophene rings is 2. The predicted molar refractivity (Wildman–Crippen MR) is 93.8 cm³/mol. The monoisotopic (exact) mass is 323 g/mol. The topological polar surface area (TPSA) is 29.1 Å². The van der Waals surface area contributed by atoms with Gasteiger partial charge in [0.25, 0.3) is 5.91 Å². The van der Waals surface area contributed by atoms with Crippen LogP contribution < -0.4 is 5.32 Å². The van der Waals surface area contributed by atoms with Crippen LogP contribution in [0.4, 0.5) is 5.69 Å². The normalized spacial score (nSPS) is 9.86. The molecule has 1 aromatic carbocycles. The Balaban J connectivity index is 1.77. The minimum atomic E-state index is -0.0733. The van der Waals surface area contributed by atoms with Crippen molar-refractivity contribution >= 4 is 34.3 Å². The molecular formula is C18H13NOS2. The second-order valence-corrected chi connectivity index (χ2v) is 6.56. The lowest BCUT2D eigenvalue weighted by atomic mass is 10.2. The van der Waals surface area contributed by atoms with E-state index in [0.29, 0.717) is 0 Å². The van der Waals surface area contributed by atoms with Crippen LogP contribution in [-0.2, 0) is 0 Å². The summed E-state index contributed by atoms with van der Waals surface area (Å²) in [5, 5.41) is 6.85. The number of carbonyl (C=O) groups excluding carboxylic acids is 1. The van der Waals surface area contributed by atoms with E-state index in [-0.39, 0.29) is 5.91 Å². The van der Waals surface area contributed by atoms with Gasteiger partial charge >= 0.3 is 0 Å². The summed E-state index contributed by atoms with van der Waals surface area (Å²) >= 11 is 3.07. The molecule has 0 saturated heterocycles. The Morgan fingerprint density at radius 1 is 1.05 bits per heavy atom. The number of hydrogen-bond acceptors (Lipinski definition) is 3. The van der Waals surface area contributed by atoms with Gasteiger partial charge in [0, 0.05) is 11.3 Å². The maximum Gasteiger partial charge on any atom is 0.265 e. The fourth-order valence-corrected chi connectivity index (χ4v) is 3.34. The second kappa shape index (κ2) is 6.61. The maximum absolute atomic E-state index is 12.2. The average molecular weight is 323 g/mol. The van der Waals surface area contributed by atoms with E-state index in [9.17, 15) is 4.79 Å². The van der Waals surface area contributed by atoms with Gasteiger partial charge in [0.15, 0.2) is 0 Å². The summed E-state index contributed by atoms with van der Waals surface area (Å²) < 4.78 is 0. The molecule has 2 aromatic heterocycles. The first-order chi connectivity index (χ1) is 10.7. The van der Waals surface area contributed by atoms with Gasteiger partial charge in [-0.3, -0.25) is 4.79 Å². The Labute approximate surface area is 137 Å². The summed E-state index contributed by atoms with van der Waals surface area (Å²) in [6, 6.07) is 13.5. The van der Waals surface area contributed by atoms with Crippen LogP contribution in [0.25, 0.3) is 0 Å². The molecule has 0 radical (unpaired) electrons. The summed E-state index contributed by atoms with van der Waals surface area (Å²) in [6.45, 7) is 1.94. The third kappa shape index (κ3) is 3.45. The SMILES string of the molecule is Cc1ccsc1C(=O)Nc1cccc(C#Cc2cccs2)c1. The van der Waals surface area contributed by atoms with E-state index in [1.807, 2.05) is 60.1 Å². The molecule has 0 bridgehead atoms. The zero-order valence-electron chi connectivity index (χ0n) is 11.9. The van der Waals surface area contributed by atoms with Crippen LogP contribution in [-0.4, -0.2) is 5.91 Å². The van der Waals surface area contributed by atoms with E-state index in [2.05, 4.69) is 17.2 Å². The third-order valence-corrected chi connectivity index (χ3v) is 4.84. The Bertz CT molecular complexity index is 851. The number of amides is 1. The number of aryl methyl sites for hydroxylation is 1. The van der Waals surface area contributed by atoms with Crippen molar-refractivity contribution in [2.75, 3.05) is 5.32 Å². The highest BCUT2D eigenvalue weighted by atomic mass is 32.1. The standard InChI is InChI=1S/C18H13NOS2/c1-13-9-11-22-17(13)18(20)19-15-5-2-4-14(12-15)7-8-16-6-3-10-21-16/h2-6,9-12H,1H3,(H,19,20). The molecule has 108 valence electrons. The van der Waals surface area contributed by atoms with Crippen molar-refractivity contribution in [1.82, 2.24) is 0 Å². The summed E-state index contributed by atoms with van der Waals surface area (Å²) in [6.07, 6.45) is 0. The lowest BCUT2D eigenvalue weighted by Gasteiger charge is -2.04. The average Bonchev–Trinajstić information content (AvgIpc) is 3.16. The van der Waals surface area contributed by atoms with Crippen LogP contribution in [0.15, 0.2) is 53.2 Å². The summed E-state index contributed by atoms with van der Waals surface area (Å²) in [4.78, 5) is 14.0. The van der Waals surface area contributed by atoms with Gasteiger partial charge in [-0.1, -0.05) is 24.0 Å². The van der Waals surface area contributed by atoms with Gasteiger partial charge in [0.05, 0.1) is 9.75 Å². The number of rotatable bonds is 2. The zero-order chi connectivity index (χ0) is 15.4. The number of hydrogen-bond donors (Lipinski definition) is 1. The first-order valence-electron chi connectivity index (χ1n) is 6.73. The van der Waals surface area contributed by atoms with Crippen LogP contribution >= 0.6 is 22.7 Å². The molecule has 0 fully saturated rings. The van der Waals surface area contributed by atoms with Gasteiger partial charge in [-0.2, -0.15) is 0 Å². The Morgan fingerprint density at radius 3 is 2.68 bits per heavy atom. The summed E-state index contributed by atoms with van der Waals surface area (Å²) in [5.74, 6) is 6.16. The minimum absolute atomic E-state index is 0.0733. The number of anilines is 1. The van der Waals surface area contributed by atoms with Crippen molar-refractivity contribution in [3.05, 3.63) is 74.1 Å². The van der Waals surface area contributed by atoms with Crippen molar-refractivity contribution in [2.45, 2.75) is 6.92 Å². The van der Waals surface area contributed by atoms with Gasteiger partial charge < -0.3 is 5.32 Å². The van der Waals surface area contributed by atoms with Gasteiger partial charge in [-0.25, -0.2) is 0 Å². The molecular weight excluding hydrogens is 310 g/mol. The fourth-order valence-electron chi connectivity index (χ4n) is 1.95. The second-order valence-electron chi connectivity index (χ2n) is 4.69. The van der Waals surface area contributed by atoms with Crippen molar-refractivity contribution in [2.24, 2.45) is 0 Å². The van der Waals surface area contributed by atoms with E-state index >= 15 is 0 Å². The molecule has 1 N–H and O–H groups in total. The summed E-state index contributed by atoms with van der Waals surface area (Å²) in [5.41, 5.74) is 2.64. The molecule has 0 aliphatic carbocycles. The molecule has 0 atom stereocenters. The van der Waals surface area contributed by atoms with Gasteiger partial charge in [-0.05, 0) is 53.6 Å². The van der Waals surface area contributed by atoms with Crippen molar-refractivity contribution in [3.8, 4) is 11.8 Å². The van der Waals surface area contributed by atoms with Gasteiger partial charge in [0.1, 0.15) is 0 Å². The Kier molecular flexibility index (Phi) is 4.38. The molecule has 0 saturated carbocycles. The van der Waals surface area contributed by atoms with Crippen molar-refractivity contribution in [1.29, 1.82) is 0 Å². The van der Waals surface area contributed by atoms with E-state index in [1.165, 1.54) is 11.3 Å². The predicted octanol–water partition coefficient (Wildman–Crippen LogP) is 4.77. The lowest BCUT2D eigenvalue weighted by molar-refractivity contribution is 0.103. The Morgan fingerprint density at radius 2 is 1.95 bits per heavy atom. The maximum atomic E-state index is 12.2. The van der Waals surface area contributed by atoms with Crippen LogP contribution in [0.3, 0.4) is 0 Å². The molecule has 3 rings (SSSR count). The highest BCUT2D eigenvalue weighted by molar-refractivity contribution is 7.12. The third-order valence-electron chi connectivity index (χ3n) is 3.04. The quantitative estimate of drug-likeness (QED) is 0.676. The van der Waals surface area contributed by atoms with Crippen LogP contribution in [0, 0.1) is 18.8 Å². The molecule has 0 aliphatic heterocycles. The smallest absolute Gasteiger partial charge is 0.265 e. The molecule has 0 unspecified atom stereocenters.